The molecule has 0 amide bonds. The minimum atomic E-state index is -0.772. The van der Waals surface area contributed by atoms with Crippen LogP contribution < -0.4 is 9.80 Å². The van der Waals surface area contributed by atoms with E-state index in [-0.39, 0.29) is 6.42 Å². The Morgan fingerprint density at radius 2 is 1.47 bits per heavy atom. The van der Waals surface area contributed by atoms with Gasteiger partial charge < -0.3 is 14.9 Å². The van der Waals surface area contributed by atoms with Gasteiger partial charge in [-0.15, -0.1) is 0 Å². The number of hydrogen-bond acceptors (Lipinski definition) is 7. The first-order valence-electron chi connectivity index (χ1n) is 12.4. The average Bonchev–Trinajstić information content (AvgIpc) is 3.46. The van der Waals surface area contributed by atoms with E-state index in [0.717, 1.165) is 43.3 Å². The van der Waals surface area contributed by atoms with Crippen LogP contribution in [0, 0.1) is 0 Å². The monoisotopic (exact) mass is 466 g/mol. The van der Waals surface area contributed by atoms with Crippen LogP contribution in [0.15, 0.2) is 36.7 Å². The van der Waals surface area contributed by atoms with Crippen molar-refractivity contribution in [2.24, 2.45) is 0 Å². The van der Waals surface area contributed by atoms with Gasteiger partial charge in [0.15, 0.2) is 0 Å². The molecule has 4 rings (SSSR count). The van der Waals surface area contributed by atoms with Crippen LogP contribution in [0.5, 0.6) is 0 Å². The molecule has 34 heavy (non-hydrogen) atoms. The van der Waals surface area contributed by atoms with Gasteiger partial charge in [-0.25, -0.2) is 0 Å². The van der Waals surface area contributed by atoms with Crippen molar-refractivity contribution in [3.8, 4) is 0 Å². The third-order valence-electron chi connectivity index (χ3n) is 7.22. The van der Waals surface area contributed by atoms with Crippen molar-refractivity contribution in [2.45, 2.75) is 57.3 Å². The van der Waals surface area contributed by atoms with Crippen LogP contribution in [0.3, 0.4) is 0 Å². The number of nitrogens with zero attached hydrogens (tertiary/aromatic N) is 6. The molecule has 184 valence electrons. The highest BCUT2D eigenvalue weighted by Crippen LogP contribution is 2.32. The van der Waals surface area contributed by atoms with Crippen LogP contribution >= 0.6 is 0 Å². The van der Waals surface area contributed by atoms with E-state index in [1.165, 1.54) is 31.4 Å². The zero-order chi connectivity index (χ0) is 24.1. The lowest BCUT2D eigenvalue weighted by Gasteiger charge is -2.35. The van der Waals surface area contributed by atoms with E-state index in [1.54, 1.807) is 0 Å². The first kappa shape index (κ1) is 24.4. The SMILES string of the molecule is CN(C)c1ccnc(CN2CCC[C@H]2[C@@H]2CCCN2Cc2cc(N(C)CCC(=O)O)ccn2)c1. The Bertz CT molecular complexity index is 968. The Kier molecular flexibility index (Phi) is 8.00. The van der Waals surface area contributed by atoms with Gasteiger partial charge >= 0.3 is 5.97 Å². The van der Waals surface area contributed by atoms with Gasteiger partial charge in [-0.2, -0.15) is 0 Å². The van der Waals surface area contributed by atoms with E-state index in [9.17, 15) is 4.79 Å². The molecule has 2 atom stereocenters. The molecule has 0 aromatic carbocycles. The van der Waals surface area contributed by atoms with Gasteiger partial charge in [0.1, 0.15) is 0 Å². The normalized spacial score (nSPS) is 21.1. The van der Waals surface area contributed by atoms with Crippen LogP contribution in [0.25, 0.3) is 0 Å². The summed E-state index contributed by atoms with van der Waals surface area (Å²) >= 11 is 0. The number of carboxylic acids is 1. The maximum Gasteiger partial charge on any atom is 0.305 e. The number of carboxylic acid groups (broad SMARTS) is 1. The molecule has 2 aliphatic heterocycles. The Morgan fingerprint density at radius 1 is 0.941 bits per heavy atom. The fourth-order valence-corrected chi connectivity index (χ4v) is 5.40. The zero-order valence-corrected chi connectivity index (χ0v) is 20.7. The number of anilines is 2. The van der Waals surface area contributed by atoms with Crippen LogP contribution in [-0.2, 0) is 17.9 Å². The maximum atomic E-state index is 10.9. The summed E-state index contributed by atoms with van der Waals surface area (Å²) in [6, 6.07) is 9.42. The maximum absolute atomic E-state index is 10.9. The molecule has 0 saturated carbocycles. The summed E-state index contributed by atoms with van der Waals surface area (Å²) in [4.78, 5) is 29.6. The minimum Gasteiger partial charge on any atom is -0.481 e. The topological polar surface area (TPSA) is 76.0 Å². The molecule has 0 spiro atoms. The first-order chi connectivity index (χ1) is 16.4. The van der Waals surface area contributed by atoms with Gasteiger partial charge in [-0.3, -0.25) is 24.6 Å². The fraction of sp³-hybridized carbons (Fsp3) is 0.577. The highest BCUT2D eigenvalue weighted by atomic mass is 16.4. The molecule has 0 aliphatic carbocycles. The van der Waals surface area contributed by atoms with Crippen LogP contribution in [0.2, 0.25) is 0 Å². The standard InChI is InChI=1S/C26H38N6O2/c1-29(2)22-8-11-27-20(16-22)18-31-13-4-6-24(31)25-7-5-14-32(25)19-21-17-23(9-12-28-21)30(3)15-10-26(33)34/h8-9,11-12,16-17,24-25H,4-7,10,13-15,18-19H2,1-3H3,(H,33,34)/t24-,25-/m0/s1. The van der Waals surface area contributed by atoms with Crippen molar-refractivity contribution in [1.82, 2.24) is 19.8 Å². The molecule has 2 aliphatic rings. The number of rotatable bonds is 10. The highest BCUT2D eigenvalue weighted by molar-refractivity contribution is 5.67. The van der Waals surface area contributed by atoms with Crippen molar-refractivity contribution in [1.29, 1.82) is 0 Å². The van der Waals surface area contributed by atoms with Gasteiger partial charge in [-0.05, 0) is 63.0 Å². The molecule has 0 bridgehead atoms. The molecule has 1 N–H and O–H groups in total. The molecule has 0 unspecified atom stereocenters. The second-order valence-corrected chi connectivity index (χ2v) is 9.83. The van der Waals surface area contributed by atoms with E-state index in [4.69, 9.17) is 5.11 Å². The molecular formula is C26H38N6O2. The number of likely N-dealkylation sites (tertiary alicyclic amines) is 2. The number of aromatic nitrogens is 2. The summed E-state index contributed by atoms with van der Waals surface area (Å²) in [5.41, 5.74) is 4.41. The molecule has 2 saturated heterocycles. The lowest BCUT2D eigenvalue weighted by Crippen LogP contribution is -2.45. The second kappa shape index (κ2) is 11.1. The number of carbonyl (C=O) groups is 1. The predicted octanol–water partition coefficient (Wildman–Crippen LogP) is 3.08. The molecule has 2 aromatic heterocycles. The quantitative estimate of drug-likeness (QED) is 0.573. The Balaban J connectivity index is 1.41. The van der Waals surface area contributed by atoms with E-state index in [0.29, 0.717) is 18.6 Å². The first-order valence-corrected chi connectivity index (χ1v) is 12.4. The smallest absolute Gasteiger partial charge is 0.305 e. The minimum absolute atomic E-state index is 0.131. The van der Waals surface area contributed by atoms with Crippen LogP contribution in [-0.4, -0.2) is 83.7 Å². The average molecular weight is 467 g/mol. The lowest BCUT2D eigenvalue weighted by atomic mass is 10.0. The third-order valence-corrected chi connectivity index (χ3v) is 7.22. The van der Waals surface area contributed by atoms with Gasteiger partial charge in [0.2, 0.25) is 0 Å². The van der Waals surface area contributed by atoms with Crippen molar-refractivity contribution in [2.75, 3.05) is 50.6 Å². The van der Waals surface area contributed by atoms with E-state index >= 15 is 0 Å². The molecular weight excluding hydrogens is 428 g/mol. The summed E-state index contributed by atoms with van der Waals surface area (Å²) < 4.78 is 0. The van der Waals surface area contributed by atoms with Crippen molar-refractivity contribution < 1.29 is 9.90 Å². The summed E-state index contributed by atoms with van der Waals surface area (Å²) in [6.45, 7) is 4.46. The molecule has 8 heteroatoms. The summed E-state index contributed by atoms with van der Waals surface area (Å²) in [7, 11) is 6.08. The zero-order valence-electron chi connectivity index (χ0n) is 20.7. The largest absolute Gasteiger partial charge is 0.481 e. The Labute approximate surface area is 203 Å². The third kappa shape index (κ3) is 6.04. The summed E-state index contributed by atoms with van der Waals surface area (Å²) in [5, 5.41) is 8.98. The van der Waals surface area contributed by atoms with E-state index in [2.05, 4.69) is 57.0 Å². The van der Waals surface area contributed by atoms with Crippen molar-refractivity contribution >= 4 is 17.3 Å². The van der Waals surface area contributed by atoms with Crippen molar-refractivity contribution in [3.63, 3.8) is 0 Å². The lowest BCUT2D eigenvalue weighted by molar-refractivity contribution is -0.136. The second-order valence-electron chi connectivity index (χ2n) is 9.83. The Morgan fingerprint density at radius 3 is 2.00 bits per heavy atom. The molecule has 0 radical (unpaired) electrons. The summed E-state index contributed by atoms with van der Waals surface area (Å²) in [6.07, 6.45) is 8.82. The van der Waals surface area contributed by atoms with E-state index in [1.807, 2.05) is 30.4 Å². The van der Waals surface area contributed by atoms with E-state index < -0.39 is 5.97 Å². The molecule has 2 fully saturated rings. The molecule has 4 heterocycles. The fourth-order valence-electron chi connectivity index (χ4n) is 5.40. The van der Waals surface area contributed by atoms with Gasteiger partial charge in [0, 0.05) is 76.6 Å². The highest BCUT2D eigenvalue weighted by Gasteiger charge is 2.37. The predicted molar refractivity (Wildman–Crippen MR) is 135 cm³/mol. The van der Waals surface area contributed by atoms with Gasteiger partial charge in [0.25, 0.3) is 0 Å². The van der Waals surface area contributed by atoms with Crippen molar-refractivity contribution in [3.05, 3.63) is 48.0 Å². The van der Waals surface area contributed by atoms with Gasteiger partial charge in [0.05, 0.1) is 17.8 Å². The molecule has 8 nitrogen and oxygen atoms in total. The summed E-state index contributed by atoms with van der Waals surface area (Å²) in [5.74, 6) is -0.772. The molecule has 2 aromatic rings. The van der Waals surface area contributed by atoms with Gasteiger partial charge in [-0.1, -0.05) is 0 Å². The van der Waals surface area contributed by atoms with Crippen LogP contribution in [0.1, 0.15) is 43.5 Å². The number of pyridine rings is 2. The Hall–Kier alpha value is -2.71. The van der Waals surface area contributed by atoms with Crippen LogP contribution in [0.4, 0.5) is 11.4 Å². The number of aliphatic carboxylic acids is 1. The number of hydrogen-bond donors (Lipinski definition) is 1.